The second kappa shape index (κ2) is 5.58. The maximum atomic E-state index is 11.1. The normalized spacial score (nSPS) is 12.2. The van der Waals surface area contributed by atoms with Crippen LogP contribution in [0.15, 0.2) is 71.9 Å². The van der Waals surface area contributed by atoms with Crippen molar-refractivity contribution in [3.63, 3.8) is 0 Å². The third-order valence-corrected chi connectivity index (χ3v) is 3.79. The lowest BCUT2D eigenvalue weighted by atomic mass is 10.00. The molecule has 0 aliphatic carbocycles. The molecule has 0 spiro atoms. The van der Waals surface area contributed by atoms with Crippen LogP contribution < -0.4 is 5.32 Å². The molecule has 4 rings (SSSR count). The van der Waals surface area contributed by atoms with Crippen molar-refractivity contribution in [1.82, 2.24) is 4.98 Å². The van der Waals surface area contributed by atoms with Gasteiger partial charge in [0.1, 0.15) is 5.69 Å². The molecule has 1 aliphatic rings. The maximum Gasteiger partial charge on any atom is 0.271 e. The molecule has 0 radical (unpaired) electrons. The first-order chi connectivity index (χ1) is 11.7. The van der Waals surface area contributed by atoms with Crippen molar-refractivity contribution in [3.05, 3.63) is 88.1 Å². The summed E-state index contributed by atoms with van der Waals surface area (Å²) in [6, 6.07) is 18.1. The summed E-state index contributed by atoms with van der Waals surface area (Å²) in [5.41, 5.74) is 3.81. The van der Waals surface area contributed by atoms with Gasteiger partial charge < -0.3 is 5.32 Å². The van der Waals surface area contributed by atoms with E-state index in [1.54, 1.807) is 12.3 Å². The number of nitro benzene ring substituents is 1. The van der Waals surface area contributed by atoms with Crippen LogP contribution in [0.4, 0.5) is 22.9 Å². The van der Waals surface area contributed by atoms with E-state index in [-0.39, 0.29) is 5.69 Å². The van der Waals surface area contributed by atoms with Crippen LogP contribution in [-0.2, 0) is 0 Å². The quantitative estimate of drug-likeness (QED) is 0.443. The first-order valence-electron chi connectivity index (χ1n) is 7.37. The van der Waals surface area contributed by atoms with Gasteiger partial charge in [-0.25, -0.2) is 9.98 Å². The molecule has 24 heavy (non-hydrogen) atoms. The zero-order valence-corrected chi connectivity index (χ0v) is 12.5. The fourth-order valence-corrected chi connectivity index (χ4v) is 2.66. The van der Waals surface area contributed by atoms with E-state index in [1.165, 1.54) is 12.1 Å². The highest BCUT2D eigenvalue weighted by Gasteiger charge is 2.20. The van der Waals surface area contributed by atoms with Crippen LogP contribution in [-0.4, -0.2) is 15.6 Å². The second-order valence-corrected chi connectivity index (χ2v) is 5.31. The number of benzene rings is 2. The fraction of sp³-hybridized carbons (Fsp3) is 0. The minimum absolute atomic E-state index is 0.0213. The van der Waals surface area contributed by atoms with E-state index in [9.17, 15) is 10.1 Å². The van der Waals surface area contributed by atoms with Gasteiger partial charge >= 0.3 is 0 Å². The number of non-ortho nitro benzene ring substituents is 1. The van der Waals surface area contributed by atoms with Crippen molar-refractivity contribution in [2.24, 2.45) is 4.99 Å². The number of pyridine rings is 1. The summed E-state index contributed by atoms with van der Waals surface area (Å²) in [5, 5.41) is 14.3. The average molecular weight is 316 g/mol. The Morgan fingerprint density at radius 3 is 2.62 bits per heavy atom. The average Bonchev–Trinajstić information content (AvgIpc) is 2.78. The SMILES string of the molecule is O=[N+]([O-])c1ccc2c(c1)Nc1ncccc1N=C2c1ccccc1. The standard InChI is InChI=1S/C18H12N4O2/c23-22(24)13-8-9-14-16(11-13)21-18-15(7-4-10-19-18)20-17(14)12-5-2-1-3-6-12/h1-11H,(H,19,21). The van der Waals surface area contributed by atoms with Gasteiger partial charge in [0.2, 0.25) is 0 Å². The monoisotopic (exact) mass is 316 g/mol. The summed E-state index contributed by atoms with van der Waals surface area (Å²) < 4.78 is 0. The molecule has 6 nitrogen and oxygen atoms in total. The third-order valence-electron chi connectivity index (χ3n) is 3.79. The summed E-state index contributed by atoms with van der Waals surface area (Å²) in [7, 11) is 0. The van der Waals surface area contributed by atoms with Gasteiger partial charge in [-0.2, -0.15) is 0 Å². The number of nitrogens with zero attached hydrogens (tertiary/aromatic N) is 3. The van der Waals surface area contributed by atoms with Crippen LogP contribution in [0.1, 0.15) is 11.1 Å². The minimum Gasteiger partial charge on any atom is -0.338 e. The Balaban J connectivity index is 1.98. The zero-order valence-electron chi connectivity index (χ0n) is 12.5. The molecule has 2 heterocycles. The van der Waals surface area contributed by atoms with Crippen LogP contribution in [0, 0.1) is 10.1 Å². The first-order valence-corrected chi connectivity index (χ1v) is 7.37. The molecule has 1 aliphatic heterocycles. The lowest BCUT2D eigenvalue weighted by molar-refractivity contribution is -0.384. The fourth-order valence-electron chi connectivity index (χ4n) is 2.66. The zero-order chi connectivity index (χ0) is 16.5. The van der Waals surface area contributed by atoms with Gasteiger partial charge in [0.15, 0.2) is 5.82 Å². The number of fused-ring (bicyclic) bond motifs is 2. The Hall–Kier alpha value is -3.54. The van der Waals surface area contributed by atoms with Crippen LogP contribution in [0.5, 0.6) is 0 Å². The van der Waals surface area contributed by atoms with E-state index in [0.29, 0.717) is 17.2 Å². The van der Waals surface area contributed by atoms with E-state index >= 15 is 0 Å². The van der Waals surface area contributed by atoms with E-state index < -0.39 is 4.92 Å². The molecule has 6 heteroatoms. The molecule has 2 aromatic carbocycles. The van der Waals surface area contributed by atoms with Gasteiger partial charge in [-0.1, -0.05) is 30.3 Å². The van der Waals surface area contributed by atoms with Gasteiger partial charge in [0.25, 0.3) is 5.69 Å². The number of hydrogen-bond donors (Lipinski definition) is 1. The van der Waals surface area contributed by atoms with E-state index in [1.807, 2.05) is 42.5 Å². The van der Waals surface area contributed by atoms with Gasteiger partial charge in [-0.3, -0.25) is 10.1 Å². The maximum absolute atomic E-state index is 11.1. The van der Waals surface area contributed by atoms with Crippen molar-refractivity contribution < 1.29 is 4.92 Å². The van der Waals surface area contributed by atoms with Crippen molar-refractivity contribution in [2.75, 3.05) is 5.32 Å². The number of nitro groups is 1. The molecular formula is C18H12N4O2. The highest BCUT2D eigenvalue weighted by molar-refractivity contribution is 6.18. The van der Waals surface area contributed by atoms with Gasteiger partial charge in [0, 0.05) is 29.5 Å². The molecular weight excluding hydrogens is 304 g/mol. The highest BCUT2D eigenvalue weighted by Crippen LogP contribution is 2.35. The molecule has 0 fully saturated rings. The molecule has 0 saturated heterocycles. The van der Waals surface area contributed by atoms with Crippen LogP contribution >= 0.6 is 0 Å². The van der Waals surface area contributed by atoms with Gasteiger partial charge in [0.05, 0.1) is 16.3 Å². The van der Waals surface area contributed by atoms with E-state index in [0.717, 1.165) is 16.8 Å². The number of aromatic nitrogens is 1. The molecule has 0 atom stereocenters. The topological polar surface area (TPSA) is 80.4 Å². The van der Waals surface area contributed by atoms with E-state index in [2.05, 4.69) is 10.3 Å². The molecule has 1 N–H and O–H groups in total. The van der Waals surface area contributed by atoms with Crippen molar-refractivity contribution in [2.45, 2.75) is 0 Å². The van der Waals surface area contributed by atoms with E-state index in [4.69, 9.17) is 4.99 Å². The number of aliphatic imine (C=N–C) groups is 1. The summed E-state index contributed by atoms with van der Waals surface area (Å²) in [5.74, 6) is 0.574. The lowest BCUT2D eigenvalue weighted by Crippen LogP contribution is -2.05. The molecule has 1 aromatic heterocycles. The summed E-state index contributed by atoms with van der Waals surface area (Å²) in [6.07, 6.45) is 1.66. The van der Waals surface area contributed by atoms with Gasteiger partial charge in [-0.05, 0) is 18.2 Å². The Bertz CT molecular complexity index is 968. The Morgan fingerprint density at radius 2 is 1.83 bits per heavy atom. The first kappa shape index (κ1) is 14.1. The number of anilines is 2. The summed E-state index contributed by atoms with van der Waals surface area (Å²) >= 11 is 0. The molecule has 0 unspecified atom stereocenters. The third kappa shape index (κ3) is 2.40. The minimum atomic E-state index is -0.411. The van der Waals surface area contributed by atoms with Crippen LogP contribution in [0.2, 0.25) is 0 Å². The molecule has 0 saturated carbocycles. The van der Waals surface area contributed by atoms with Gasteiger partial charge in [-0.15, -0.1) is 0 Å². The largest absolute Gasteiger partial charge is 0.338 e. The van der Waals surface area contributed by atoms with Crippen molar-refractivity contribution in [3.8, 4) is 0 Å². The highest BCUT2D eigenvalue weighted by atomic mass is 16.6. The number of rotatable bonds is 2. The Kier molecular flexibility index (Phi) is 3.28. The summed E-state index contributed by atoms with van der Waals surface area (Å²) in [4.78, 5) is 19.7. The Morgan fingerprint density at radius 1 is 1.00 bits per heavy atom. The molecule has 0 bridgehead atoms. The second-order valence-electron chi connectivity index (χ2n) is 5.31. The predicted molar refractivity (Wildman–Crippen MR) is 92.4 cm³/mol. The predicted octanol–water partition coefficient (Wildman–Crippen LogP) is 4.22. The number of nitrogens with one attached hydrogen (secondary N) is 1. The smallest absolute Gasteiger partial charge is 0.271 e. The van der Waals surface area contributed by atoms with Crippen LogP contribution in [0.25, 0.3) is 0 Å². The number of hydrogen-bond acceptors (Lipinski definition) is 5. The molecule has 116 valence electrons. The Labute approximate surface area is 137 Å². The van der Waals surface area contributed by atoms with Crippen molar-refractivity contribution in [1.29, 1.82) is 0 Å². The summed E-state index contributed by atoms with van der Waals surface area (Å²) in [6.45, 7) is 0. The molecule has 0 amide bonds. The lowest BCUT2D eigenvalue weighted by Gasteiger charge is -2.10. The van der Waals surface area contributed by atoms with Crippen LogP contribution in [0.3, 0.4) is 0 Å². The van der Waals surface area contributed by atoms with Crippen molar-refractivity contribution >= 4 is 28.6 Å². The molecule has 3 aromatic rings.